The van der Waals surface area contributed by atoms with Crippen LogP contribution in [-0.4, -0.2) is 5.91 Å². The van der Waals surface area contributed by atoms with E-state index in [0.717, 1.165) is 25.9 Å². The topological polar surface area (TPSA) is 32.3 Å². The number of benzene rings is 3. The van der Waals surface area contributed by atoms with Crippen LogP contribution in [0.3, 0.4) is 0 Å². The molecule has 3 nitrogen and oxygen atoms in total. The normalized spacial score (nSPS) is 16.3. The van der Waals surface area contributed by atoms with Crippen LogP contribution >= 0.6 is 31.9 Å². The van der Waals surface area contributed by atoms with Gasteiger partial charge in [-0.1, -0.05) is 56.1 Å². The summed E-state index contributed by atoms with van der Waals surface area (Å²) in [6.07, 6.45) is -0.267. The average Bonchev–Trinajstić information content (AvgIpc) is 2.63. The summed E-state index contributed by atoms with van der Waals surface area (Å²) in [7, 11) is 0. The molecule has 0 unspecified atom stereocenters. The van der Waals surface area contributed by atoms with Crippen LogP contribution in [0.15, 0.2) is 81.7 Å². The Morgan fingerprint density at radius 3 is 2.08 bits per heavy atom. The molecule has 1 amide bonds. The predicted octanol–water partition coefficient (Wildman–Crippen LogP) is 5.98. The predicted molar refractivity (Wildman–Crippen MR) is 108 cm³/mol. The molecule has 3 aromatic carbocycles. The van der Waals surface area contributed by atoms with E-state index < -0.39 is 0 Å². The van der Waals surface area contributed by atoms with Crippen molar-refractivity contribution in [1.82, 2.24) is 0 Å². The van der Waals surface area contributed by atoms with Crippen LogP contribution in [0.4, 0.5) is 11.4 Å². The maximum absolute atomic E-state index is 13.2. The number of halogens is 2. The van der Waals surface area contributed by atoms with Crippen molar-refractivity contribution in [2.24, 2.45) is 0 Å². The summed E-state index contributed by atoms with van der Waals surface area (Å²) in [5.74, 6) is -0.00964. The molecule has 0 aromatic heterocycles. The van der Waals surface area contributed by atoms with Gasteiger partial charge in [0.05, 0.1) is 5.56 Å². The number of nitrogens with zero attached hydrogens (tertiary/aromatic N) is 1. The van der Waals surface area contributed by atoms with Gasteiger partial charge >= 0.3 is 0 Å². The van der Waals surface area contributed by atoms with E-state index in [0.29, 0.717) is 5.56 Å². The van der Waals surface area contributed by atoms with E-state index in [4.69, 9.17) is 0 Å². The lowest BCUT2D eigenvalue weighted by Crippen LogP contribution is -2.43. The van der Waals surface area contributed by atoms with Crippen LogP contribution in [0.25, 0.3) is 0 Å². The van der Waals surface area contributed by atoms with Gasteiger partial charge < -0.3 is 5.32 Å². The summed E-state index contributed by atoms with van der Waals surface area (Å²) in [6.45, 7) is 0. The molecule has 1 heterocycles. The highest BCUT2D eigenvalue weighted by Crippen LogP contribution is 2.37. The highest BCUT2D eigenvalue weighted by atomic mass is 79.9. The number of para-hydroxylation sites is 1. The Hall–Kier alpha value is -2.11. The summed E-state index contributed by atoms with van der Waals surface area (Å²) in [5.41, 5.74) is 3.41. The maximum Gasteiger partial charge on any atom is 0.262 e. The second kappa shape index (κ2) is 6.65. The molecule has 0 bridgehead atoms. The molecule has 124 valence electrons. The Balaban J connectivity index is 1.85. The van der Waals surface area contributed by atoms with E-state index in [9.17, 15) is 4.79 Å². The van der Waals surface area contributed by atoms with Crippen molar-refractivity contribution in [3.63, 3.8) is 0 Å². The van der Waals surface area contributed by atoms with E-state index in [1.165, 1.54) is 0 Å². The van der Waals surface area contributed by atoms with Crippen molar-refractivity contribution in [3.05, 3.63) is 92.9 Å². The minimum absolute atomic E-state index is 0.00964. The number of nitrogens with one attached hydrogen (secondary N) is 1. The molecule has 25 heavy (non-hydrogen) atoms. The minimum Gasteiger partial charge on any atom is -0.360 e. The third-order valence-corrected chi connectivity index (χ3v) is 5.27. The first-order chi connectivity index (χ1) is 12.1. The molecule has 0 spiro atoms. The van der Waals surface area contributed by atoms with Crippen LogP contribution in [0, 0.1) is 0 Å². The van der Waals surface area contributed by atoms with Crippen LogP contribution in [0.2, 0.25) is 0 Å². The Morgan fingerprint density at radius 2 is 1.40 bits per heavy atom. The van der Waals surface area contributed by atoms with Gasteiger partial charge in [0.1, 0.15) is 6.17 Å². The molecule has 0 saturated heterocycles. The minimum atomic E-state index is -0.267. The van der Waals surface area contributed by atoms with E-state index in [1.807, 2.05) is 72.8 Å². The molecule has 0 aliphatic carbocycles. The van der Waals surface area contributed by atoms with Crippen LogP contribution in [-0.2, 0) is 0 Å². The molecule has 1 aliphatic heterocycles. The number of amides is 1. The molecule has 1 aliphatic rings. The number of carbonyl (C=O) groups excluding carboxylic acids is 1. The fraction of sp³-hybridized carbons (Fsp3) is 0.0500. The molecule has 5 heteroatoms. The van der Waals surface area contributed by atoms with Gasteiger partial charge in [0.2, 0.25) is 0 Å². The molecule has 1 atom stereocenters. The van der Waals surface area contributed by atoms with Gasteiger partial charge in [-0.15, -0.1) is 0 Å². The quantitative estimate of drug-likeness (QED) is 0.513. The van der Waals surface area contributed by atoms with Gasteiger partial charge in [0.25, 0.3) is 5.91 Å². The van der Waals surface area contributed by atoms with Crippen molar-refractivity contribution in [3.8, 4) is 0 Å². The first kappa shape index (κ1) is 16.4. The van der Waals surface area contributed by atoms with Crippen molar-refractivity contribution in [1.29, 1.82) is 0 Å². The molecule has 0 radical (unpaired) electrons. The third kappa shape index (κ3) is 3.10. The summed E-state index contributed by atoms with van der Waals surface area (Å²) in [4.78, 5) is 15.0. The molecule has 0 saturated carbocycles. The zero-order valence-electron chi connectivity index (χ0n) is 13.1. The number of hydrogen-bond donors (Lipinski definition) is 1. The number of anilines is 2. The first-order valence-electron chi connectivity index (χ1n) is 7.83. The lowest BCUT2D eigenvalue weighted by atomic mass is 10.0. The van der Waals surface area contributed by atoms with Gasteiger partial charge in [-0.3, -0.25) is 9.69 Å². The molecule has 1 N–H and O–H groups in total. The fourth-order valence-corrected chi connectivity index (χ4v) is 3.53. The number of rotatable bonds is 2. The summed E-state index contributed by atoms with van der Waals surface area (Å²) >= 11 is 6.92. The van der Waals surface area contributed by atoms with Gasteiger partial charge in [-0.25, -0.2) is 0 Å². The van der Waals surface area contributed by atoms with Gasteiger partial charge in [-0.2, -0.15) is 0 Å². The van der Waals surface area contributed by atoms with Crippen LogP contribution < -0.4 is 10.2 Å². The summed E-state index contributed by atoms with van der Waals surface area (Å²) in [5, 5.41) is 3.50. The van der Waals surface area contributed by atoms with E-state index >= 15 is 0 Å². The number of fused-ring (bicyclic) bond motifs is 1. The van der Waals surface area contributed by atoms with Crippen molar-refractivity contribution < 1.29 is 4.79 Å². The third-order valence-electron chi connectivity index (χ3n) is 4.22. The van der Waals surface area contributed by atoms with E-state index in [2.05, 4.69) is 37.2 Å². The van der Waals surface area contributed by atoms with Crippen LogP contribution in [0.5, 0.6) is 0 Å². The second-order valence-electron chi connectivity index (χ2n) is 5.80. The van der Waals surface area contributed by atoms with Crippen molar-refractivity contribution >= 4 is 49.1 Å². The van der Waals surface area contributed by atoms with Crippen LogP contribution in [0.1, 0.15) is 22.1 Å². The SMILES string of the molecule is O=C1c2ccccc2N[C@H](c2ccc(Br)cc2)N1c1ccc(Br)cc1. The lowest BCUT2D eigenvalue weighted by Gasteiger charge is -2.38. The number of hydrogen-bond acceptors (Lipinski definition) is 2. The largest absolute Gasteiger partial charge is 0.360 e. The van der Waals surface area contributed by atoms with Crippen molar-refractivity contribution in [2.45, 2.75) is 6.17 Å². The Kier molecular flexibility index (Phi) is 4.36. The summed E-state index contributed by atoms with van der Waals surface area (Å²) < 4.78 is 1.99. The maximum atomic E-state index is 13.2. The zero-order chi connectivity index (χ0) is 17.4. The first-order valence-corrected chi connectivity index (χ1v) is 9.42. The lowest BCUT2D eigenvalue weighted by molar-refractivity contribution is 0.0975. The van der Waals surface area contributed by atoms with Crippen molar-refractivity contribution in [2.75, 3.05) is 10.2 Å². The Morgan fingerprint density at radius 1 is 0.800 bits per heavy atom. The monoisotopic (exact) mass is 456 g/mol. The Bertz CT molecular complexity index is 923. The van der Waals surface area contributed by atoms with E-state index in [-0.39, 0.29) is 12.1 Å². The highest BCUT2D eigenvalue weighted by Gasteiger charge is 2.33. The highest BCUT2D eigenvalue weighted by molar-refractivity contribution is 9.10. The standard InChI is InChI=1S/C20H14Br2N2O/c21-14-7-5-13(6-8-14)19-23-18-4-2-1-3-17(18)20(25)24(19)16-11-9-15(22)10-12-16/h1-12,19,23H/t19-/m0/s1. The second-order valence-corrected chi connectivity index (χ2v) is 7.63. The molecular formula is C20H14Br2N2O. The molecular weight excluding hydrogens is 444 g/mol. The Labute approximate surface area is 162 Å². The van der Waals surface area contributed by atoms with Gasteiger partial charge in [-0.05, 0) is 54.1 Å². The zero-order valence-corrected chi connectivity index (χ0v) is 16.3. The molecule has 3 aromatic rings. The summed E-state index contributed by atoms with van der Waals surface area (Å²) in [6, 6.07) is 23.4. The molecule has 4 rings (SSSR count). The van der Waals surface area contributed by atoms with Gasteiger partial charge in [0.15, 0.2) is 0 Å². The van der Waals surface area contributed by atoms with E-state index in [1.54, 1.807) is 4.90 Å². The smallest absolute Gasteiger partial charge is 0.262 e. The molecule has 0 fully saturated rings. The van der Waals surface area contributed by atoms with Gasteiger partial charge in [0, 0.05) is 20.3 Å². The average molecular weight is 458 g/mol. The number of carbonyl (C=O) groups is 1. The fourth-order valence-electron chi connectivity index (χ4n) is 3.00.